The van der Waals surface area contributed by atoms with Gasteiger partial charge in [-0.3, -0.25) is 9.78 Å². The van der Waals surface area contributed by atoms with Gasteiger partial charge in [-0.1, -0.05) is 0 Å². The molecule has 0 bridgehead atoms. The summed E-state index contributed by atoms with van der Waals surface area (Å²) in [5.74, 6) is 0.0740. The normalized spacial score (nSPS) is 12.5. The molecule has 1 aromatic heterocycles. The molecule has 1 aliphatic rings. The molecule has 0 fully saturated rings. The van der Waals surface area contributed by atoms with Crippen molar-refractivity contribution in [3.63, 3.8) is 0 Å². The van der Waals surface area contributed by atoms with Crippen molar-refractivity contribution in [2.45, 2.75) is 0 Å². The van der Waals surface area contributed by atoms with Crippen molar-refractivity contribution in [2.75, 3.05) is 19.8 Å². The Balaban J connectivity index is 1.64. The van der Waals surface area contributed by atoms with E-state index in [1.807, 2.05) is 0 Å². The molecule has 3 rings (SSSR count). The number of aromatic nitrogens is 2. The van der Waals surface area contributed by atoms with E-state index in [-0.39, 0.29) is 18.1 Å². The first-order valence-corrected chi connectivity index (χ1v) is 6.60. The van der Waals surface area contributed by atoms with E-state index in [1.165, 1.54) is 18.6 Å². The number of ketones is 1. The fourth-order valence-electron chi connectivity index (χ4n) is 1.91. The molecule has 0 radical (unpaired) electrons. The van der Waals surface area contributed by atoms with E-state index in [4.69, 9.17) is 14.2 Å². The molecular weight excluding hydrogens is 288 g/mol. The Bertz CT molecular complexity index is 702. The van der Waals surface area contributed by atoms with E-state index in [1.54, 1.807) is 18.2 Å². The van der Waals surface area contributed by atoms with Crippen molar-refractivity contribution >= 4 is 11.8 Å². The Kier molecular flexibility index (Phi) is 3.95. The van der Waals surface area contributed by atoms with Crippen molar-refractivity contribution < 1.29 is 23.8 Å². The van der Waals surface area contributed by atoms with Crippen LogP contribution in [0.15, 0.2) is 36.8 Å². The molecular formula is C15H12N2O5. The molecule has 2 heterocycles. The van der Waals surface area contributed by atoms with E-state index in [0.717, 1.165) is 0 Å². The third-order valence-corrected chi connectivity index (χ3v) is 2.97. The summed E-state index contributed by atoms with van der Waals surface area (Å²) in [6.45, 7) is 0.539. The average Bonchev–Trinajstić information content (AvgIpc) is 2.59. The van der Waals surface area contributed by atoms with Crippen LogP contribution in [0.1, 0.15) is 20.8 Å². The lowest BCUT2D eigenvalue weighted by atomic mass is 10.1. The maximum atomic E-state index is 12.1. The lowest BCUT2D eigenvalue weighted by Crippen LogP contribution is -2.17. The van der Waals surface area contributed by atoms with Crippen LogP contribution < -0.4 is 9.47 Å². The summed E-state index contributed by atoms with van der Waals surface area (Å²) >= 11 is 0. The van der Waals surface area contributed by atoms with Gasteiger partial charge in [-0.05, 0) is 18.2 Å². The number of hydrogen-bond donors (Lipinski definition) is 0. The number of carbonyl (C=O) groups excluding carboxylic acids is 2. The van der Waals surface area contributed by atoms with Crippen LogP contribution in [-0.4, -0.2) is 41.5 Å². The predicted octanol–water partition coefficient (Wildman–Crippen LogP) is 1.29. The van der Waals surface area contributed by atoms with Gasteiger partial charge in [0.05, 0.1) is 6.20 Å². The Morgan fingerprint density at radius 3 is 2.73 bits per heavy atom. The molecule has 7 nitrogen and oxygen atoms in total. The number of rotatable bonds is 4. The molecule has 0 N–H and O–H groups in total. The fourth-order valence-corrected chi connectivity index (χ4v) is 1.91. The van der Waals surface area contributed by atoms with Crippen molar-refractivity contribution in [2.24, 2.45) is 0 Å². The predicted molar refractivity (Wildman–Crippen MR) is 74.1 cm³/mol. The zero-order valence-electron chi connectivity index (χ0n) is 11.5. The third-order valence-electron chi connectivity index (χ3n) is 2.97. The number of fused-ring (bicyclic) bond motifs is 1. The first-order chi connectivity index (χ1) is 10.7. The number of esters is 1. The smallest absolute Gasteiger partial charge is 0.358 e. The van der Waals surface area contributed by atoms with Crippen molar-refractivity contribution in [3.05, 3.63) is 48.0 Å². The number of benzene rings is 1. The zero-order valence-corrected chi connectivity index (χ0v) is 11.5. The molecule has 0 unspecified atom stereocenters. The highest BCUT2D eigenvalue weighted by atomic mass is 16.6. The van der Waals surface area contributed by atoms with E-state index < -0.39 is 5.97 Å². The number of hydrogen-bond acceptors (Lipinski definition) is 7. The lowest BCUT2D eigenvalue weighted by molar-refractivity contribution is 0.0468. The van der Waals surface area contributed by atoms with E-state index in [0.29, 0.717) is 30.3 Å². The molecule has 0 amide bonds. The Morgan fingerprint density at radius 1 is 1.14 bits per heavy atom. The first kappa shape index (κ1) is 14.0. The maximum absolute atomic E-state index is 12.1. The second kappa shape index (κ2) is 6.21. The van der Waals surface area contributed by atoms with Crippen LogP contribution in [0, 0.1) is 0 Å². The van der Waals surface area contributed by atoms with Gasteiger partial charge in [-0.25, -0.2) is 9.78 Å². The van der Waals surface area contributed by atoms with Crippen molar-refractivity contribution in [1.29, 1.82) is 0 Å². The first-order valence-electron chi connectivity index (χ1n) is 6.60. The molecule has 112 valence electrons. The van der Waals surface area contributed by atoms with Gasteiger partial charge in [-0.2, -0.15) is 0 Å². The molecule has 1 aliphatic heterocycles. The van der Waals surface area contributed by atoms with Gasteiger partial charge in [0.1, 0.15) is 13.2 Å². The summed E-state index contributed by atoms with van der Waals surface area (Å²) in [7, 11) is 0. The highest BCUT2D eigenvalue weighted by molar-refractivity contribution is 5.99. The second-order valence-electron chi connectivity index (χ2n) is 4.45. The summed E-state index contributed by atoms with van der Waals surface area (Å²) in [5, 5.41) is 0. The van der Waals surface area contributed by atoms with Gasteiger partial charge in [0.2, 0.25) is 0 Å². The molecule has 0 aliphatic carbocycles. The second-order valence-corrected chi connectivity index (χ2v) is 4.45. The Morgan fingerprint density at radius 2 is 1.95 bits per heavy atom. The van der Waals surface area contributed by atoms with Gasteiger partial charge in [0, 0.05) is 18.0 Å². The minimum atomic E-state index is -0.695. The summed E-state index contributed by atoms with van der Waals surface area (Å²) in [4.78, 5) is 31.3. The molecule has 2 aromatic rings. The van der Waals surface area contributed by atoms with Crippen LogP contribution in [0.4, 0.5) is 0 Å². The monoisotopic (exact) mass is 300 g/mol. The molecule has 22 heavy (non-hydrogen) atoms. The Labute approximate surface area is 125 Å². The summed E-state index contributed by atoms with van der Waals surface area (Å²) < 4.78 is 15.7. The quantitative estimate of drug-likeness (QED) is 0.621. The minimum Gasteiger partial charge on any atom is -0.486 e. The standard InChI is InChI=1S/C15H12N2O5/c18-12(9-22-15(19)11-8-16-3-4-17-11)10-1-2-13-14(7-10)21-6-5-20-13/h1-4,7-8H,5-6,9H2. The van der Waals surface area contributed by atoms with E-state index in [2.05, 4.69) is 9.97 Å². The van der Waals surface area contributed by atoms with Gasteiger partial charge < -0.3 is 14.2 Å². The van der Waals surface area contributed by atoms with E-state index >= 15 is 0 Å². The van der Waals surface area contributed by atoms with Crippen molar-refractivity contribution in [1.82, 2.24) is 9.97 Å². The van der Waals surface area contributed by atoms with Crippen LogP contribution in [0.5, 0.6) is 11.5 Å². The lowest BCUT2D eigenvalue weighted by Gasteiger charge is -2.18. The maximum Gasteiger partial charge on any atom is 0.358 e. The fraction of sp³-hybridized carbons (Fsp3) is 0.200. The molecule has 0 spiro atoms. The number of nitrogens with zero attached hydrogens (tertiary/aromatic N) is 2. The van der Waals surface area contributed by atoms with Crippen LogP contribution >= 0.6 is 0 Å². The highest BCUT2D eigenvalue weighted by Gasteiger charge is 2.17. The minimum absolute atomic E-state index is 0.0532. The van der Waals surface area contributed by atoms with Gasteiger partial charge >= 0.3 is 5.97 Å². The molecule has 0 saturated heterocycles. The average molecular weight is 300 g/mol. The zero-order chi connectivity index (χ0) is 15.4. The SMILES string of the molecule is O=C(COC(=O)c1cnccn1)c1ccc2c(c1)OCCO2. The van der Waals surface area contributed by atoms with Crippen LogP contribution in [0.25, 0.3) is 0 Å². The van der Waals surface area contributed by atoms with Gasteiger partial charge in [0.25, 0.3) is 0 Å². The molecule has 0 atom stereocenters. The van der Waals surface area contributed by atoms with Crippen molar-refractivity contribution in [3.8, 4) is 11.5 Å². The summed E-state index contributed by atoms with van der Waals surface area (Å²) in [6, 6.07) is 4.84. The van der Waals surface area contributed by atoms with Gasteiger partial charge in [-0.15, -0.1) is 0 Å². The largest absolute Gasteiger partial charge is 0.486 e. The van der Waals surface area contributed by atoms with Crippen LogP contribution in [-0.2, 0) is 4.74 Å². The number of Topliss-reactive ketones (excluding diaryl/α,β-unsaturated/α-hetero) is 1. The molecule has 1 aromatic carbocycles. The van der Waals surface area contributed by atoms with Gasteiger partial charge in [0.15, 0.2) is 29.6 Å². The third kappa shape index (κ3) is 3.03. The number of carbonyl (C=O) groups is 2. The molecule has 7 heteroatoms. The Hall–Kier alpha value is -2.96. The van der Waals surface area contributed by atoms with Crippen LogP contribution in [0.3, 0.4) is 0 Å². The summed E-state index contributed by atoms with van der Waals surface area (Å²) in [6.07, 6.45) is 4.09. The molecule has 0 saturated carbocycles. The number of ether oxygens (including phenoxy) is 3. The topological polar surface area (TPSA) is 87.6 Å². The summed E-state index contributed by atoms with van der Waals surface area (Å²) in [5.41, 5.74) is 0.439. The van der Waals surface area contributed by atoms with Crippen LogP contribution in [0.2, 0.25) is 0 Å². The van der Waals surface area contributed by atoms with E-state index in [9.17, 15) is 9.59 Å². The highest BCUT2D eigenvalue weighted by Crippen LogP contribution is 2.30.